The van der Waals surface area contributed by atoms with Crippen molar-refractivity contribution >= 4 is 28.9 Å². The number of non-ortho nitro benzene ring substituents is 1. The van der Waals surface area contributed by atoms with Crippen LogP contribution in [0.3, 0.4) is 0 Å². The number of quaternary nitrogens is 1. The third kappa shape index (κ3) is 4.22. The van der Waals surface area contributed by atoms with Gasteiger partial charge in [0.15, 0.2) is 6.04 Å². The summed E-state index contributed by atoms with van der Waals surface area (Å²) in [6, 6.07) is 13.1. The van der Waals surface area contributed by atoms with Crippen molar-refractivity contribution in [3.05, 3.63) is 58.6 Å². The van der Waals surface area contributed by atoms with Crippen LogP contribution >= 0.6 is 0 Å². The number of benzene rings is 2. The Labute approximate surface area is 179 Å². The molecule has 2 amide bonds. The topological polar surface area (TPSA) is 97.4 Å². The quantitative estimate of drug-likeness (QED) is 0.422. The van der Waals surface area contributed by atoms with E-state index in [1.54, 1.807) is 36.4 Å². The monoisotopic (exact) mass is 425 g/mol. The molecule has 2 fully saturated rings. The van der Waals surface area contributed by atoms with E-state index in [1.807, 2.05) is 6.92 Å². The van der Waals surface area contributed by atoms with Gasteiger partial charge in [-0.1, -0.05) is 0 Å². The van der Waals surface area contributed by atoms with Gasteiger partial charge in [0.1, 0.15) is 5.75 Å². The largest absolute Gasteiger partial charge is 0.494 e. The third-order valence-corrected chi connectivity index (χ3v) is 5.88. The van der Waals surface area contributed by atoms with Crippen LogP contribution in [-0.2, 0) is 9.59 Å². The lowest BCUT2D eigenvalue weighted by Gasteiger charge is -2.35. The summed E-state index contributed by atoms with van der Waals surface area (Å²) in [5.41, 5.74) is 1.57. The number of hydrogen-bond donors (Lipinski definition) is 1. The Hall–Kier alpha value is -3.46. The molecule has 2 aliphatic heterocycles. The molecule has 0 spiro atoms. The first kappa shape index (κ1) is 20.8. The van der Waals surface area contributed by atoms with E-state index in [0.29, 0.717) is 31.1 Å². The Morgan fingerprint density at radius 3 is 2.23 bits per heavy atom. The molecule has 0 aromatic heterocycles. The second-order valence-corrected chi connectivity index (χ2v) is 7.67. The maximum Gasteiger partial charge on any atom is 0.292 e. The van der Waals surface area contributed by atoms with Gasteiger partial charge in [-0.15, -0.1) is 0 Å². The first-order valence-electron chi connectivity index (χ1n) is 10.4. The summed E-state index contributed by atoms with van der Waals surface area (Å²) in [6.45, 7) is 5.33. The van der Waals surface area contributed by atoms with Gasteiger partial charge in [-0.25, -0.2) is 4.90 Å². The van der Waals surface area contributed by atoms with E-state index in [2.05, 4.69) is 4.90 Å². The van der Waals surface area contributed by atoms with E-state index in [4.69, 9.17) is 4.74 Å². The molecular formula is C22H25N4O5+. The normalized spacial score (nSPS) is 19.7. The summed E-state index contributed by atoms with van der Waals surface area (Å²) in [7, 11) is 0. The molecule has 4 rings (SSSR count). The highest BCUT2D eigenvalue weighted by molar-refractivity contribution is 6.21. The number of hydrogen-bond acceptors (Lipinski definition) is 6. The Morgan fingerprint density at radius 1 is 1.03 bits per heavy atom. The molecule has 31 heavy (non-hydrogen) atoms. The molecule has 2 heterocycles. The number of amides is 2. The van der Waals surface area contributed by atoms with Crippen LogP contribution in [0.1, 0.15) is 13.3 Å². The summed E-state index contributed by atoms with van der Waals surface area (Å²) >= 11 is 0. The zero-order valence-electron chi connectivity index (χ0n) is 17.3. The summed E-state index contributed by atoms with van der Waals surface area (Å²) < 4.78 is 5.43. The average Bonchev–Trinajstić information content (AvgIpc) is 3.09. The fourth-order valence-electron chi connectivity index (χ4n) is 4.27. The van der Waals surface area contributed by atoms with E-state index < -0.39 is 4.92 Å². The summed E-state index contributed by atoms with van der Waals surface area (Å²) in [6.07, 6.45) is 0.207. The molecule has 2 saturated heterocycles. The lowest BCUT2D eigenvalue weighted by Crippen LogP contribution is -3.19. The van der Waals surface area contributed by atoms with Gasteiger partial charge in [0.2, 0.25) is 5.91 Å². The highest BCUT2D eigenvalue weighted by Gasteiger charge is 2.46. The first-order chi connectivity index (χ1) is 15.0. The minimum atomic E-state index is -0.412. The fourth-order valence-corrected chi connectivity index (χ4v) is 4.27. The van der Waals surface area contributed by atoms with Crippen LogP contribution in [0.4, 0.5) is 17.1 Å². The number of carbonyl (C=O) groups excluding carboxylic acids is 2. The number of piperazine rings is 1. The first-order valence-corrected chi connectivity index (χ1v) is 10.4. The van der Waals surface area contributed by atoms with E-state index in [9.17, 15) is 19.7 Å². The minimum absolute atomic E-state index is 0.0671. The van der Waals surface area contributed by atoms with Crippen molar-refractivity contribution in [2.45, 2.75) is 19.4 Å². The van der Waals surface area contributed by atoms with Crippen molar-refractivity contribution in [1.82, 2.24) is 0 Å². The fraction of sp³-hybridized carbons (Fsp3) is 0.364. The average molecular weight is 425 g/mol. The van der Waals surface area contributed by atoms with Crippen molar-refractivity contribution in [2.75, 3.05) is 42.6 Å². The number of carbonyl (C=O) groups is 2. The van der Waals surface area contributed by atoms with Crippen LogP contribution in [0, 0.1) is 10.1 Å². The number of rotatable bonds is 6. The molecule has 2 aliphatic rings. The van der Waals surface area contributed by atoms with Crippen molar-refractivity contribution in [3.8, 4) is 5.75 Å². The minimum Gasteiger partial charge on any atom is -0.494 e. The lowest BCUT2D eigenvalue weighted by atomic mass is 10.1. The Balaban J connectivity index is 1.39. The van der Waals surface area contributed by atoms with Crippen molar-refractivity contribution in [2.24, 2.45) is 0 Å². The van der Waals surface area contributed by atoms with Crippen LogP contribution < -0.4 is 19.4 Å². The number of ether oxygens (including phenoxy) is 1. The van der Waals surface area contributed by atoms with Gasteiger partial charge >= 0.3 is 0 Å². The van der Waals surface area contributed by atoms with Crippen LogP contribution in [0.5, 0.6) is 5.75 Å². The Morgan fingerprint density at radius 2 is 1.65 bits per heavy atom. The van der Waals surface area contributed by atoms with Crippen LogP contribution in [0.15, 0.2) is 48.5 Å². The van der Waals surface area contributed by atoms with Gasteiger partial charge in [0, 0.05) is 17.8 Å². The number of nitrogens with one attached hydrogen (secondary N) is 1. The van der Waals surface area contributed by atoms with Crippen molar-refractivity contribution in [3.63, 3.8) is 0 Å². The molecule has 1 N–H and O–H groups in total. The van der Waals surface area contributed by atoms with Crippen LogP contribution in [0.25, 0.3) is 0 Å². The van der Waals surface area contributed by atoms with Gasteiger partial charge in [-0.05, 0) is 43.3 Å². The molecule has 0 saturated carbocycles. The number of nitrogens with zero attached hydrogens (tertiary/aromatic N) is 3. The number of nitro benzene ring substituents is 1. The number of imide groups is 1. The third-order valence-electron chi connectivity index (χ3n) is 5.88. The maximum atomic E-state index is 13.1. The molecule has 1 atom stereocenters. The standard InChI is InChI=1S/C22H24N4O5/c1-2-31-19-9-7-17(8-10-19)25-21(27)15-20(22(25)28)24-13-11-23(12-14-24)16-3-5-18(6-4-16)26(29)30/h3-10,20H,2,11-15H2,1H3/p+1/t20-/m0/s1. The molecule has 162 valence electrons. The van der Waals surface area contributed by atoms with Crippen LogP contribution in [-0.4, -0.2) is 55.6 Å². The highest BCUT2D eigenvalue weighted by Crippen LogP contribution is 2.25. The molecule has 0 unspecified atom stereocenters. The maximum absolute atomic E-state index is 13.1. The predicted octanol–water partition coefficient (Wildman–Crippen LogP) is 1.03. The number of anilines is 2. The zero-order chi connectivity index (χ0) is 22.0. The zero-order valence-corrected chi connectivity index (χ0v) is 17.3. The SMILES string of the molecule is CCOc1ccc(N2C(=O)C[C@H]([NH+]3CCN(c4ccc([N+](=O)[O-])cc4)CC3)C2=O)cc1. The van der Waals surface area contributed by atoms with E-state index >= 15 is 0 Å². The second kappa shape index (κ2) is 8.73. The molecule has 9 nitrogen and oxygen atoms in total. The molecule has 9 heteroatoms. The second-order valence-electron chi connectivity index (χ2n) is 7.67. The Kier molecular flexibility index (Phi) is 5.85. The molecule has 0 radical (unpaired) electrons. The molecular weight excluding hydrogens is 400 g/mol. The summed E-state index contributed by atoms with van der Waals surface area (Å²) in [5, 5.41) is 10.8. The van der Waals surface area contributed by atoms with Gasteiger partial charge in [0.05, 0.1) is 49.8 Å². The Bertz CT molecular complexity index is 968. The summed E-state index contributed by atoms with van der Waals surface area (Å²) in [4.78, 5) is 40.6. The van der Waals surface area contributed by atoms with Crippen LogP contribution in [0.2, 0.25) is 0 Å². The van der Waals surface area contributed by atoms with Crippen molar-refractivity contribution in [1.29, 1.82) is 0 Å². The summed E-state index contributed by atoms with van der Waals surface area (Å²) in [5.74, 6) is 0.368. The molecule has 0 bridgehead atoms. The smallest absolute Gasteiger partial charge is 0.292 e. The van der Waals surface area contributed by atoms with E-state index in [1.165, 1.54) is 17.0 Å². The van der Waals surface area contributed by atoms with Gasteiger partial charge in [-0.3, -0.25) is 19.7 Å². The molecule has 2 aromatic rings. The number of nitro groups is 1. The van der Waals surface area contributed by atoms with Crippen molar-refractivity contribution < 1.29 is 24.1 Å². The molecule has 2 aromatic carbocycles. The van der Waals surface area contributed by atoms with E-state index in [-0.39, 0.29) is 30.0 Å². The van der Waals surface area contributed by atoms with Gasteiger partial charge < -0.3 is 14.5 Å². The molecule has 0 aliphatic carbocycles. The lowest BCUT2D eigenvalue weighted by molar-refractivity contribution is -0.915. The highest BCUT2D eigenvalue weighted by atomic mass is 16.6. The predicted molar refractivity (Wildman–Crippen MR) is 115 cm³/mol. The van der Waals surface area contributed by atoms with Gasteiger partial charge in [-0.2, -0.15) is 0 Å². The van der Waals surface area contributed by atoms with Gasteiger partial charge in [0.25, 0.3) is 11.6 Å². The van der Waals surface area contributed by atoms with E-state index in [0.717, 1.165) is 23.7 Å².